The van der Waals surface area contributed by atoms with Gasteiger partial charge in [-0.05, 0) is 54.8 Å². The molecule has 0 aliphatic rings. The molecular formula is C21H26N2O3S. The fraction of sp³-hybridized carbons (Fsp3) is 0.286. The van der Waals surface area contributed by atoms with E-state index < -0.39 is 10.0 Å². The summed E-state index contributed by atoms with van der Waals surface area (Å²) in [7, 11) is -3.47. The molecular weight excluding hydrogens is 360 g/mol. The lowest BCUT2D eigenvalue weighted by molar-refractivity contribution is -0.111. The van der Waals surface area contributed by atoms with Crippen molar-refractivity contribution in [2.45, 2.75) is 32.6 Å². The first kappa shape index (κ1) is 20.9. The molecule has 0 spiro atoms. The Morgan fingerprint density at radius 2 is 1.67 bits per heavy atom. The predicted molar refractivity (Wildman–Crippen MR) is 110 cm³/mol. The van der Waals surface area contributed by atoms with Gasteiger partial charge >= 0.3 is 0 Å². The Morgan fingerprint density at radius 3 is 2.26 bits per heavy atom. The molecule has 0 aliphatic carbocycles. The summed E-state index contributed by atoms with van der Waals surface area (Å²) in [5.74, 6) is -0.233. The number of benzene rings is 2. The topological polar surface area (TPSA) is 66.5 Å². The van der Waals surface area contributed by atoms with Gasteiger partial charge in [0.15, 0.2) is 0 Å². The Bertz CT molecular complexity index is 928. The highest BCUT2D eigenvalue weighted by Crippen LogP contribution is 2.18. The smallest absolute Gasteiger partial charge is 0.248 e. The van der Waals surface area contributed by atoms with Gasteiger partial charge < -0.3 is 5.32 Å². The summed E-state index contributed by atoms with van der Waals surface area (Å²) in [6, 6.07) is 12.4. The maximum atomic E-state index is 12.5. The van der Waals surface area contributed by atoms with Crippen LogP contribution in [0, 0.1) is 13.8 Å². The third kappa shape index (κ3) is 5.28. The largest absolute Gasteiger partial charge is 0.322 e. The Hall–Kier alpha value is -2.44. The molecule has 0 fully saturated rings. The van der Waals surface area contributed by atoms with Gasteiger partial charge in [0.25, 0.3) is 0 Å². The lowest BCUT2D eigenvalue weighted by Gasteiger charge is -2.18. The van der Waals surface area contributed by atoms with Gasteiger partial charge in [-0.3, -0.25) is 4.79 Å². The van der Waals surface area contributed by atoms with Gasteiger partial charge in [0, 0.05) is 24.9 Å². The van der Waals surface area contributed by atoms with Crippen molar-refractivity contribution in [3.8, 4) is 0 Å². The zero-order chi connectivity index (χ0) is 20.0. The van der Waals surface area contributed by atoms with E-state index in [2.05, 4.69) is 5.32 Å². The van der Waals surface area contributed by atoms with Crippen molar-refractivity contribution in [1.82, 2.24) is 4.31 Å². The van der Waals surface area contributed by atoms with E-state index in [9.17, 15) is 13.2 Å². The minimum Gasteiger partial charge on any atom is -0.322 e. The second kappa shape index (κ2) is 8.97. The SMILES string of the molecule is CCN(CC)S(=O)(=O)c1ccc(C=CC(=O)Nc2cc(C)ccc2C)cc1. The molecule has 5 nitrogen and oxygen atoms in total. The minimum atomic E-state index is -3.47. The molecule has 0 heterocycles. The van der Waals surface area contributed by atoms with Crippen LogP contribution in [0.1, 0.15) is 30.5 Å². The molecule has 2 aromatic rings. The molecule has 0 saturated heterocycles. The lowest BCUT2D eigenvalue weighted by atomic mass is 10.1. The van der Waals surface area contributed by atoms with Crippen LogP contribution in [-0.4, -0.2) is 31.7 Å². The summed E-state index contributed by atoms with van der Waals surface area (Å²) in [6.45, 7) is 8.39. The zero-order valence-corrected chi connectivity index (χ0v) is 17.0. The Morgan fingerprint density at radius 1 is 1.04 bits per heavy atom. The quantitative estimate of drug-likeness (QED) is 0.732. The van der Waals surface area contributed by atoms with Crippen molar-refractivity contribution < 1.29 is 13.2 Å². The van der Waals surface area contributed by atoms with Crippen LogP contribution < -0.4 is 5.32 Å². The first-order valence-electron chi connectivity index (χ1n) is 8.94. The van der Waals surface area contributed by atoms with Gasteiger partial charge in [-0.15, -0.1) is 0 Å². The van der Waals surface area contributed by atoms with Crippen molar-refractivity contribution in [2.24, 2.45) is 0 Å². The summed E-state index contributed by atoms with van der Waals surface area (Å²) in [5.41, 5.74) is 3.60. The van der Waals surface area contributed by atoms with E-state index in [1.165, 1.54) is 10.4 Å². The molecule has 0 bridgehead atoms. The number of anilines is 1. The number of sulfonamides is 1. The third-order valence-corrected chi connectivity index (χ3v) is 6.37. The molecule has 2 rings (SSSR count). The van der Waals surface area contributed by atoms with Crippen LogP contribution in [0.25, 0.3) is 6.08 Å². The Balaban J connectivity index is 2.09. The van der Waals surface area contributed by atoms with Crippen LogP contribution in [0.3, 0.4) is 0 Å². The molecule has 0 aliphatic heterocycles. The second-order valence-corrected chi connectivity index (χ2v) is 8.24. The summed E-state index contributed by atoms with van der Waals surface area (Å²) in [6.07, 6.45) is 3.10. The molecule has 0 unspecified atom stereocenters. The van der Waals surface area contributed by atoms with Crippen molar-refractivity contribution in [2.75, 3.05) is 18.4 Å². The normalized spacial score (nSPS) is 11.9. The van der Waals surface area contributed by atoms with Crippen LogP contribution in [0.4, 0.5) is 5.69 Å². The van der Waals surface area contributed by atoms with Crippen molar-refractivity contribution in [1.29, 1.82) is 0 Å². The maximum Gasteiger partial charge on any atom is 0.248 e. The average molecular weight is 387 g/mol. The molecule has 2 aromatic carbocycles. The molecule has 6 heteroatoms. The first-order valence-corrected chi connectivity index (χ1v) is 10.4. The highest BCUT2D eigenvalue weighted by atomic mass is 32.2. The van der Waals surface area contributed by atoms with Crippen LogP contribution in [0.5, 0.6) is 0 Å². The maximum absolute atomic E-state index is 12.5. The molecule has 1 amide bonds. The molecule has 0 atom stereocenters. The van der Waals surface area contributed by atoms with Gasteiger partial charge in [0.05, 0.1) is 4.90 Å². The van der Waals surface area contributed by atoms with E-state index in [0.717, 1.165) is 22.4 Å². The second-order valence-electron chi connectivity index (χ2n) is 6.30. The Kier molecular flexibility index (Phi) is 6.93. The van der Waals surface area contributed by atoms with Crippen LogP contribution in [0.2, 0.25) is 0 Å². The van der Waals surface area contributed by atoms with Gasteiger partial charge in [-0.2, -0.15) is 4.31 Å². The predicted octanol–water partition coefficient (Wildman–Crippen LogP) is 3.99. The average Bonchev–Trinajstić information content (AvgIpc) is 2.64. The summed E-state index contributed by atoms with van der Waals surface area (Å²) in [5, 5.41) is 2.86. The summed E-state index contributed by atoms with van der Waals surface area (Å²) >= 11 is 0. The third-order valence-electron chi connectivity index (χ3n) is 4.30. The van der Waals surface area contributed by atoms with E-state index in [4.69, 9.17) is 0 Å². The van der Waals surface area contributed by atoms with Crippen LogP contribution in [0.15, 0.2) is 53.4 Å². The molecule has 144 valence electrons. The molecule has 1 N–H and O–H groups in total. The number of aryl methyl sites for hydroxylation is 2. The van der Waals surface area contributed by atoms with Crippen LogP contribution >= 0.6 is 0 Å². The van der Waals surface area contributed by atoms with Crippen molar-refractivity contribution in [3.05, 3.63) is 65.2 Å². The van der Waals surface area contributed by atoms with Gasteiger partial charge in [0.2, 0.25) is 15.9 Å². The first-order chi connectivity index (χ1) is 12.8. The number of carbonyl (C=O) groups excluding carboxylic acids is 1. The highest BCUT2D eigenvalue weighted by Gasteiger charge is 2.20. The van der Waals surface area contributed by atoms with E-state index in [0.29, 0.717) is 13.1 Å². The number of hydrogen-bond donors (Lipinski definition) is 1. The van der Waals surface area contributed by atoms with Crippen molar-refractivity contribution in [3.63, 3.8) is 0 Å². The lowest BCUT2D eigenvalue weighted by Crippen LogP contribution is -2.30. The standard InChI is InChI=1S/C21H26N2O3S/c1-5-23(6-2)27(25,26)19-12-9-18(10-13-19)11-14-21(24)22-20-15-16(3)7-8-17(20)4/h7-15H,5-6H2,1-4H3,(H,22,24). The minimum absolute atomic E-state index is 0.233. The molecule has 0 saturated carbocycles. The van der Waals surface area contributed by atoms with E-state index in [1.54, 1.807) is 30.3 Å². The zero-order valence-electron chi connectivity index (χ0n) is 16.2. The van der Waals surface area contributed by atoms with Gasteiger partial charge in [-0.1, -0.05) is 38.1 Å². The molecule has 0 aromatic heterocycles. The fourth-order valence-corrected chi connectivity index (χ4v) is 4.14. The number of hydrogen-bond acceptors (Lipinski definition) is 3. The highest BCUT2D eigenvalue weighted by molar-refractivity contribution is 7.89. The van der Waals surface area contributed by atoms with E-state index in [1.807, 2.05) is 45.9 Å². The molecule has 27 heavy (non-hydrogen) atoms. The number of carbonyl (C=O) groups is 1. The number of rotatable bonds is 7. The monoisotopic (exact) mass is 386 g/mol. The Labute approximate surface area is 161 Å². The summed E-state index contributed by atoms with van der Waals surface area (Å²) in [4.78, 5) is 12.4. The fourth-order valence-electron chi connectivity index (χ4n) is 2.68. The van der Waals surface area contributed by atoms with E-state index >= 15 is 0 Å². The molecule has 0 radical (unpaired) electrons. The van der Waals surface area contributed by atoms with Crippen LogP contribution in [-0.2, 0) is 14.8 Å². The van der Waals surface area contributed by atoms with Gasteiger partial charge in [-0.25, -0.2) is 8.42 Å². The number of nitrogens with one attached hydrogen (secondary N) is 1. The number of amides is 1. The van der Waals surface area contributed by atoms with E-state index in [-0.39, 0.29) is 10.8 Å². The summed E-state index contributed by atoms with van der Waals surface area (Å²) < 4.78 is 26.4. The number of nitrogens with zero attached hydrogens (tertiary/aromatic N) is 1. The van der Waals surface area contributed by atoms with Gasteiger partial charge in [0.1, 0.15) is 0 Å². The van der Waals surface area contributed by atoms with Crippen molar-refractivity contribution >= 4 is 27.7 Å².